The van der Waals surface area contributed by atoms with Crippen molar-refractivity contribution in [1.29, 1.82) is 5.41 Å². The molecule has 0 aromatic rings. The first-order valence-corrected chi connectivity index (χ1v) is 7.43. The van der Waals surface area contributed by atoms with Crippen LogP contribution in [0.3, 0.4) is 0 Å². The van der Waals surface area contributed by atoms with Gasteiger partial charge < -0.3 is 15.5 Å². The molecule has 3 N–H and O–H groups in total. The summed E-state index contributed by atoms with van der Waals surface area (Å²) in [7, 11) is 2.26. The Bertz CT molecular complexity index is 279. The molecule has 0 spiro atoms. The molecule has 2 saturated heterocycles. The number of nitrogens with zero attached hydrogens (tertiary/aromatic N) is 2. The lowest BCUT2D eigenvalue weighted by Gasteiger charge is -2.36. The Kier molecular flexibility index (Phi) is 5.01. The van der Waals surface area contributed by atoms with Gasteiger partial charge in [-0.25, -0.2) is 0 Å². The summed E-state index contributed by atoms with van der Waals surface area (Å²) >= 11 is 0. The molecule has 0 saturated carbocycles. The van der Waals surface area contributed by atoms with Crippen molar-refractivity contribution < 1.29 is 0 Å². The number of hydrogen-bond acceptors (Lipinski definition) is 3. The summed E-state index contributed by atoms with van der Waals surface area (Å²) in [6.45, 7) is 4.64. The molecular weight excluding hydrogens is 224 g/mol. The highest BCUT2D eigenvalue weighted by molar-refractivity contribution is 5.79. The second kappa shape index (κ2) is 6.53. The highest BCUT2D eigenvalue weighted by atomic mass is 15.2. The van der Waals surface area contributed by atoms with Gasteiger partial charge in [-0.2, -0.15) is 0 Å². The van der Waals surface area contributed by atoms with Gasteiger partial charge in [0.1, 0.15) is 0 Å². The second-order valence-corrected chi connectivity index (χ2v) is 6.01. The molecule has 0 radical (unpaired) electrons. The minimum absolute atomic E-state index is 0.308. The number of rotatable bonds is 4. The quantitative estimate of drug-likeness (QED) is 0.589. The van der Waals surface area contributed by atoms with E-state index in [-0.39, 0.29) is 0 Å². The van der Waals surface area contributed by atoms with Crippen LogP contribution in [0, 0.1) is 11.3 Å². The monoisotopic (exact) mass is 252 g/mol. The van der Waals surface area contributed by atoms with E-state index in [0.29, 0.717) is 11.8 Å². The van der Waals surface area contributed by atoms with Gasteiger partial charge in [-0.1, -0.05) is 6.42 Å². The van der Waals surface area contributed by atoms with Gasteiger partial charge in [0.15, 0.2) is 0 Å². The van der Waals surface area contributed by atoms with Crippen molar-refractivity contribution in [3.8, 4) is 0 Å². The summed E-state index contributed by atoms with van der Waals surface area (Å²) in [4.78, 5) is 5.04. The zero-order chi connectivity index (χ0) is 13.0. The lowest BCUT2D eigenvalue weighted by Crippen LogP contribution is -2.44. The average molecular weight is 252 g/mol. The van der Waals surface area contributed by atoms with Crippen LogP contribution in [-0.2, 0) is 0 Å². The van der Waals surface area contributed by atoms with Gasteiger partial charge in [0.25, 0.3) is 0 Å². The van der Waals surface area contributed by atoms with Crippen LogP contribution >= 0.6 is 0 Å². The molecule has 2 aliphatic heterocycles. The Morgan fingerprint density at radius 1 is 1.22 bits per heavy atom. The lowest BCUT2D eigenvalue weighted by atomic mass is 9.95. The average Bonchev–Trinajstić information content (AvgIpc) is 2.38. The van der Waals surface area contributed by atoms with Crippen LogP contribution in [0.25, 0.3) is 0 Å². The third-order valence-corrected chi connectivity index (χ3v) is 4.65. The zero-order valence-corrected chi connectivity index (χ0v) is 11.7. The lowest BCUT2D eigenvalue weighted by molar-refractivity contribution is 0.139. The largest absolute Gasteiger partial charge is 0.387 e. The van der Waals surface area contributed by atoms with Gasteiger partial charge in [0.05, 0.1) is 5.84 Å². The molecule has 0 aromatic carbocycles. The van der Waals surface area contributed by atoms with Crippen LogP contribution in [0.15, 0.2) is 0 Å². The first kappa shape index (κ1) is 13.8. The van der Waals surface area contributed by atoms with Crippen molar-refractivity contribution >= 4 is 5.84 Å². The molecule has 0 bridgehead atoms. The van der Waals surface area contributed by atoms with Gasteiger partial charge in [-0.05, 0) is 58.8 Å². The van der Waals surface area contributed by atoms with E-state index in [0.717, 1.165) is 19.0 Å². The van der Waals surface area contributed by atoms with Crippen molar-refractivity contribution in [1.82, 2.24) is 9.80 Å². The van der Waals surface area contributed by atoms with Crippen molar-refractivity contribution in [2.24, 2.45) is 11.7 Å². The molecule has 2 fully saturated rings. The second-order valence-electron chi connectivity index (χ2n) is 6.01. The maximum Gasteiger partial charge on any atom is 0.0949 e. The molecule has 4 heteroatoms. The third kappa shape index (κ3) is 3.69. The van der Waals surface area contributed by atoms with Gasteiger partial charge in [0.2, 0.25) is 0 Å². The summed E-state index contributed by atoms with van der Waals surface area (Å²) in [6, 6.07) is 0.774. The molecule has 18 heavy (non-hydrogen) atoms. The highest BCUT2D eigenvalue weighted by Gasteiger charge is 2.24. The van der Waals surface area contributed by atoms with Crippen molar-refractivity contribution in [2.45, 2.75) is 44.6 Å². The predicted octanol–water partition coefficient (Wildman–Crippen LogP) is 1.51. The molecule has 2 unspecified atom stereocenters. The zero-order valence-electron chi connectivity index (χ0n) is 11.7. The molecule has 0 amide bonds. The number of nitrogens with one attached hydrogen (secondary N) is 1. The van der Waals surface area contributed by atoms with E-state index in [4.69, 9.17) is 11.1 Å². The summed E-state index contributed by atoms with van der Waals surface area (Å²) in [6.07, 6.45) is 7.70. The maximum absolute atomic E-state index is 7.58. The molecule has 2 atom stereocenters. The van der Waals surface area contributed by atoms with Crippen LogP contribution in [0.4, 0.5) is 0 Å². The minimum Gasteiger partial charge on any atom is -0.387 e. The topological polar surface area (TPSA) is 56.4 Å². The number of likely N-dealkylation sites (tertiary alicyclic amines) is 2. The van der Waals surface area contributed by atoms with Crippen LogP contribution in [-0.4, -0.2) is 54.9 Å². The minimum atomic E-state index is 0.308. The molecule has 104 valence electrons. The van der Waals surface area contributed by atoms with Gasteiger partial charge in [0, 0.05) is 18.5 Å². The molecular formula is C14H28N4. The Hall–Kier alpha value is -0.610. The van der Waals surface area contributed by atoms with Gasteiger partial charge in [-0.15, -0.1) is 0 Å². The maximum atomic E-state index is 7.58. The summed E-state index contributed by atoms with van der Waals surface area (Å²) in [5, 5.41) is 7.58. The smallest absolute Gasteiger partial charge is 0.0949 e. The van der Waals surface area contributed by atoms with E-state index in [1.54, 1.807) is 0 Å². The van der Waals surface area contributed by atoms with E-state index in [9.17, 15) is 0 Å². The molecule has 2 heterocycles. The van der Waals surface area contributed by atoms with Crippen LogP contribution < -0.4 is 5.73 Å². The first-order chi connectivity index (χ1) is 8.66. The van der Waals surface area contributed by atoms with Crippen LogP contribution in [0.2, 0.25) is 0 Å². The molecule has 4 nitrogen and oxygen atoms in total. The van der Waals surface area contributed by atoms with E-state index in [1.165, 1.54) is 51.7 Å². The molecule has 2 aliphatic rings. The predicted molar refractivity (Wildman–Crippen MR) is 76.0 cm³/mol. The Morgan fingerprint density at radius 3 is 2.78 bits per heavy atom. The first-order valence-electron chi connectivity index (χ1n) is 7.43. The normalized spacial score (nSPS) is 31.4. The SMILES string of the molecule is CN1CCCCC1CCN1CCCC(C(=N)N)C1. The number of piperidine rings is 2. The standard InChI is InChI=1S/C14H28N4/c1-17-8-3-2-6-13(17)7-10-18-9-4-5-12(11-18)14(15)16/h12-13H,2-11H2,1H3,(H3,15,16). The van der Waals surface area contributed by atoms with E-state index < -0.39 is 0 Å². The van der Waals surface area contributed by atoms with E-state index in [1.807, 2.05) is 0 Å². The fourth-order valence-electron chi connectivity index (χ4n) is 3.35. The van der Waals surface area contributed by atoms with Crippen LogP contribution in [0.5, 0.6) is 0 Å². The van der Waals surface area contributed by atoms with Crippen molar-refractivity contribution in [3.05, 3.63) is 0 Å². The fourth-order valence-corrected chi connectivity index (χ4v) is 3.35. The Morgan fingerprint density at radius 2 is 2.06 bits per heavy atom. The Balaban J connectivity index is 1.74. The number of hydrogen-bond donors (Lipinski definition) is 2. The molecule has 2 rings (SSSR count). The van der Waals surface area contributed by atoms with Crippen LogP contribution in [0.1, 0.15) is 38.5 Å². The van der Waals surface area contributed by atoms with E-state index >= 15 is 0 Å². The summed E-state index contributed by atoms with van der Waals surface area (Å²) in [5.74, 6) is 0.692. The third-order valence-electron chi connectivity index (χ3n) is 4.65. The summed E-state index contributed by atoms with van der Waals surface area (Å²) < 4.78 is 0. The number of amidine groups is 1. The van der Waals surface area contributed by atoms with Crippen molar-refractivity contribution in [3.63, 3.8) is 0 Å². The van der Waals surface area contributed by atoms with Gasteiger partial charge in [-0.3, -0.25) is 5.41 Å². The number of nitrogens with two attached hydrogens (primary N) is 1. The van der Waals surface area contributed by atoms with E-state index in [2.05, 4.69) is 16.8 Å². The fraction of sp³-hybridized carbons (Fsp3) is 0.929. The highest BCUT2D eigenvalue weighted by Crippen LogP contribution is 2.20. The Labute approximate surface area is 111 Å². The molecule has 0 aromatic heterocycles. The summed E-state index contributed by atoms with van der Waals surface area (Å²) in [5.41, 5.74) is 5.64. The molecule has 0 aliphatic carbocycles. The van der Waals surface area contributed by atoms with Crippen molar-refractivity contribution in [2.75, 3.05) is 33.2 Å². The van der Waals surface area contributed by atoms with Gasteiger partial charge >= 0.3 is 0 Å².